The zero-order chi connectivity index (χ0) is 11.4. The van der Waals surface area contributed by atoms with Crippen LogP contribution in [-0.4, -0.2) is 51.8 Å². The highest BCUT2D eigenvalue weighted by Crippen LogP contribution is 2.10. The van der Waals surface area contributed by atoms with E-state index in [0.29, 0.717) is 19.0 Å². The minimum atomic E-state index is 0.202. The maximum Gasteiger partial charge on any atom is 0.224 e. The van der Waals surface area contributed by atoms with Gasteiger partial charge in [0.15, 0.2) is 0 Å². The summed E-state index contributed by atoms with van der Waals surface area (Å²) in [5, 5.41) is 7.17. The Hall–Kier alpha value is -1.43. The molecule has 0 aromatic carbocycles. The Kier molecular flexibility index (Phi) is 3.51. The molecule has 0 aliphatic carbocycles. The Morgan fingerprint density at radius 1 is 1.62 bits per heavy atom. The number of hydrogen-bond donors (Lipinski definition) is 1. The molecule has 6 nitrogen and oxygen atoms in total. The number of aryl methyl sites for hydroxylation is 1. The minimum absolute atomic E-state index is 0.202. The van der Waals surface area contributed by atoms with Crippen molar-refractivity contribution in [3.8, 4) is 0 Å². The fraction of sp³-hybridized carbons (Fsp3) is 0.700. The fourth-order valence-electron chi connectivity index (χ4n) is 1.94. The van der Waals surface area contributed by atoms with Gasteiger partial charge in [0.2, 0.25) is 5.91 Å². The molecule has 1 aromatic heterocycles. The maximum atomic E-state index is 11.8. The summed E-state index contributed by atoms with van der Waals surface area (Å²) < 4.78 is 1.68. The first-order chi connectivity index (χ1) is 7.79. The van der Waals surface area contributed by atoms with Crippen LogP contribution >= 0.6 is 0 Å². The number of likely N-dealkylation sites (tertiary alicyclic amines) is 1. The first-order valence-electron chi connectivity index (χ1n) is 5.57. The van der Waals surface area contributed by atoms with Crippen molar-refractivity contribution in [3.63, 3.8) is 0 Å². The van der Waals surface area contributed by atoms with Gasteiger partial charge in [-0.1, -0.05) is 0 Å². The van der Waals surface area contributed by atoms with Crippen LogP contribution in [0.15, 0.2) is 12.7 Å². The summed E-state index contributed by atoms with van der Waals surface area (Å²) in [7, 11) is 1.94. The lowest BCUT2D eigenvalue weighted by atomic mass is 10.3. The van der Waals surface area contributed by atoms with Crippen LogP contribution in [0, 0.1) is 0 Å². The van der Waals surface area contributed by atoms with E-state index in [9.17, 15) is 4.79 Å². The average Bonchev–Trinajstić information content (AvgIpc) is 2.96. The molecule has 2 heterocycles. The number of likely N-dealkylation sites (N-methyl/N-ethyl adjacent to an activating group) is 1. The van der Waals surface area contributed by atoms with E-state index in [1.807, 2.05) is 11.9 Å². The van der Waals surface area contributed by atoms with Crippen molar-refractivity contribution in [2.75, 3.05) is 20.1 Å². The number of carbonyl (C=O) groups is 1. The second-order valence-corrected chi connectivity index (χ2v) is 4.02. The first-order valence-corrected chi connectivity index (χ1v) is 5.57. The third-order valence-electron chi connectivity index (χ3n) is 2.97. The van der Waals surface area contributed by atoms with E-state index in [1.54, 1.807) is 11.0 Å². The SMILES string of the molecule is CNC1CCN(C(=O)CCn2cncn2)C1. The Morgan fingerprint density at radius 2 is 2.50 bits per heavy atom. The Balaban J connectivity index is 1.76. The number of amides is 1. The van der Waals surface area contributed by atoms with Crippen molar-refractivity contribution < 1.29 is 4.79 Å². The van der Waals surface area contributed by atoms with Gasteiger partial charge in [-0.15, -0.1) is 0 Å². The van der Waals surface area contributed by atoms with Crippen molar-refractivity contribution in [2.24, 2.45) is 0 Å². The Labute approximate surface area is 94.6 Å². The van der Waals surface area contributed by atoms with Gasteiger partial charge >= 0.3 is 0 Å². The molecule has 0 saturated carbocycles. The van der Waals surface area contributed by atoms with E-state index < -0.39 is 0 Å². The van der Waals surface area contributed by atoms with Gasteiger partial charge in [-0.2, -0.15) is 5.10 Å². The van der Waals surface area contributed by atoms with Crippen molar-refractivity contribution >= 4 is 5.91 Å². The number of nitrogens with zero attached hydrogens (tertiary/aromatic N) is 4. The molecule has 1 fully saturated rings. The third kappa shape index (κ3) is 2.57. The molecule has 1 N–H and O–H groups in total. The molecule has 1 aromatic rings. The molecule has 1 aliphatic rings. The van der Waals surface area contributed by atoms with E-state index in [2.05, 4.69) is 15.4 Å². The van der Waals surface area contributed by atoms with E-state index >= 15 is 0 Å². The molecule has 0 radical (unpaired) electrons. The molecule has 88 valence electrons. The first kappa shape index (κ1) is 11.1. The fourth-order valence-corrected chi connectivity index (χ4v) is 1.94. The van der Waals surface area contributed by atoms with Crippen molar-refractivity contribution in [3.05, 3.63) is 12.7 Å². The maximum absolute atomic E-state index is 11.8. The number of hydrogen-bond acceptors (Lipinski definition) is 4. The van der Waals surface area contributed by atoms with E-state index in [-0.39, 0.29) is 5.91 Å². The van der Waals surface area contributed by atoms with Crippen LogP contribution in [0.25, 0.3) is 0 Å². The van der Waals surface area contributed by atoms with E-state index in [0.717, 1.165) is 19.5 Å². The van der Waals surface area contributed by atoms with E-state index in [4.69, 9.17) is 0 Å². The van der Waals surface area contributed by atoms with Crippen molar-refractivity contribution in [2.45, 2.75) is 25.4 Å². The molecule has 1 amide bonds. The average molecular weight is 223 g/mol. The molecule has 1 unspecified atom stereocenters. The van der Waals surface area contributed by atoms with Crippen LogP contribution in [0.5, 0.6) is 0 Å². The highest BCUT2D eigenvalue weighted by Gasteiger charge is 2.24. The summed E-state index contributed by atoms with van der Waals surface area (Å²) in [4.78, 5) is 17.6. The second kappa shape index (κ2) is 5.07. The molecule has 6 heteroatoms. The zero-order valence-electron chi connectivity index (χ0n) is 9.46. The number of carbonyl (C=O) groups excluding carboxylic acids is 1. The zero-order valence-corrected chi connectivity index (χ0v) is 9.46. The van der Waals surface area contributed by atoms with Gasteiger partial charge in [-0.25, -0.2) is 4.98 Å². The van der Waals surface area contributed by atoms with Crippen LogP contribution in [0.2, 0.25) is 0 Å². The second-order valence-electron chi connectivity index (χ2n) is 4.02. The normalized spacial score (nSPS) is 20.3. The number of rotatable bonds is 4. The number of aromatic nitrogens is 3. The lowest BCUT2D eigenvalue weighted by molar-refractivity contribution is -0.130. The summed E-state index contributed by atoms with van der Waals surface area (Å²) in [5.74, 6) is 0.202. The summed E-state index contributed by atoms with van der Waals surface area (Å²) in [6, 6.07) is 0.454. The van der Waals surface area contributed by atoms with Crippen molar-refractivity contribution in [1.29, 1.82) is 0 Å². The van der Waals surface area contributed by atoms with E-state index in [1.165, 1.54) is 6.33 Å². The topological polar surface area (TPSA) is 63.1 Å². The molecule has 1 atom stereocenters. The monoisotopic (exact) mass is 223 g/mol. The summed E-state index contributed by atoms with van der Waals surface area (Å²) >= 11 is 0. The summed E-state index contributed by atoms with van der Waals surface area (Å²) in [5.41, 5.74) is 0. The highest BCUT2D eigenvalue weighted by atomic mass is 16.2. The van der Waals surface area contributed by atoms with Gasteiger partial charge in [-0.3, -0.25) is 9.48 Å². The molecular weight excluding hydrogens is 206 g/mol. The smallest absolute Gasteiger partial charge is 0.224 e. The molecule has 2 rings (SSSR count). The van der Waals surface area contributed by atoms with Crippen LogP contribution in [0.3, 0.4) is 0 Å². The molecule has 1 saturated heterocycles. The van der Waals surface area contributed by atoms with Gasteiger partial charge in [0, 0.05) is 25.6 Å². The third-order valence-corrected chi connectivity index (χ3v) is 2.97. The lowest BCUT2D eigenvalue weighted by Crippen LogP contribution is -2.33. The van der Waals surface area contributed by atoms with Crippen LogP contribution < -0.4 is 5.32 Å². The van der Waals surface area contributed by atoms with Gasteiger partial charge in [0.1, 0.15) is 12.7 Å². The molecule has 16 heavy (non-hydrogen) atoms. The summed E-state index contributed by atoms with van der Waals surface area (Å²) in [6.07, 6.45) is 4.66. The summed E-state index contributed by atoms with van der Waals surface area (Å²) in [6.45, 7) is 2.30. The Morgan fingerprint density at radius 3 is 3.12 bits per heavy atom. The molecule has 0 bridgehead atoms. The molecule has 1 aliphatic heterocycles. The van der Waals surface area contributed by atoms with Crippen LogP contribution in [0.4, 0.5) is 0 Å². The van der Waals surface area contributed by atoms with Gasteiger partial charge in [0.05, 0.1) is 6.54 Å². The predicted molar refractivity (Wildman–Crippen MR) is 58.7 cm³/mol. The lowest BCUT2D eigenvalue weighted by Gasteiger charge is -2.16. The largest absolute Gasteiger partial charge is 0.341 e. The highest BCUT2D eigenvalue weighted by molar-refractivity contribution is 5.76. The standard InChI is InChI=1S/C10H17N5O/c1-11-9-2-4-14(6-9)10(16)3-5-15-8-12-7-13-15/h7-9,11H,2-6H2,1H3. The minimum Gasteiger partial charge on any atom is -0.341 e. The van der Waals surface area contributed by atoms with Crippen LogP contribution in [0.1, 0.15) is 12.8 Å². The molecule has 0 spiro atoms. The van der Waals surface area contributed by atoms with Crippen LogP contribution in [-0.2, 0) is 11.3 Å². The quantitative estimate of drug-likeness (QED) is 0.746. The van der Waals surface area contributed by atoms with Gasteiger partial charge < -0.3 is 10.2 Å². The Bertz CT molecular complexity index is 337. The van der Waals surface area contributed by atoms with Gasteiger partial charge in [-0.05, 0) is 13.5 Å². The predicted octanol–water partition coefficient (Wildman–Crippen LogP) is -0.512. The number of nitrogens with one attached hydrogen (secondary N) is 1. The van der Waals surface area contributed by atoms with Crippen molar-refractivity contribution in [1.82, 2.24) is 25.0 Å². The van der Waals surface area contributed by atoms with Gasteiger partial charge in [0.25, 0.3) is 0 Å². The molecular formula is C10H17N5O.